The molecule has 1 saturated heterocycles. The van der Waals surface area contributed by atoms with Gasteiger partial charge in [0.05, 0.1) is 0 Å². The molecule has 0 N–H and O–H groups in total. The SMILES string of the molecule is CCC1CC(C)C(CC)N1C. The third kappa shape index (κ3) is 1.58. The lowest BCUT2D eigenvalue weighted by Gasteiger charge is -2.24. The maximum Gasteiger partial charge on any atom is 0.0119 e. The summed E-state index contributed by atoms with van der Waals surface area (Å²) in [5.74, 6) is 0.912. The zero-order chi connectivity index (χ0) is 8.43. The van der Waals surface area contributed by atoms with Gasteiger partial charge in [-0.2, -0.15) is 0 Å². The average molecular weight is 155 g/mol. The second-order valence-corrected chi connectivity index (χ2v) is 3.92. The number of hydrogen-bond acceptors (Lipinski definition) is 1. The van der Waals surface area contributed by atoms with Gasteiger partial charge in [0.25, 0.3) is 0 Å². The Balaban J connectivity index is 2.55. The number of hydrogen-bond donors (Lipinski definition) is 0. The lowest BCUT2D eigenvalue weighted by atomic mass is 9.99. The molecule has 0 aromatic carbocycles. The van der Waals surface area contributed by atoms with Crippen molar-refractivity contribution < 1.29 is 0 Å². The molecular weight excluding hydrogens is 134 g/mol. The second-order valence-electron chi connectivity index (χ2n) is 3.92. The van der Waals surface area contributed by atoms with Crippen LogP contribution in [0.3, 0.4) is 0 Å². The van der Waals surface area contributed by atoms with Gasteiger partial charge in [-0.1, -0.05) is 20.8 Å². The summed E-state index contributed by atoms with van der Waals surface area (Å²) in [7, 11) is 2.28. The molecule has 0 aromatic heterocycles. The van der Waals surface area contributed by atoms with Gasteiger partial charge in [-0.3, -0.25) is 0 Å². The quantitative estimate of drug-likeness (QED) is 0.592. The Bertz CT molecular complexity index is 122. The predicted octanol–water partition coefficient (Wildman–Crippen LogP) is 2.52. The van der Waals surface area contributed by atoms with Crippen LogP contribution in [0.2, 0.25) is 0 Å². The lowest BCUT2D eigenvalue weighted by molar-refractivity contribution is 0.218. The van der Waals surface area contributed by atoms with Crippen molar-refractivity contribution >= 4 is 0 Å². The highest BCUT2D eigenvalue weighted by atomic mass is 15.2. The summed E-state index contributed by atoms with van der Waals surface area (Å²) >= 11 is 0. The first-order valence-corrected chi connectivity index (χ1v) is 4.92. The fraction of sp³-hybridized carbons (Fsp3) is 1.00. The molecule has 0 amide bonds. The Morgan fingerprint density at radius 3 is 2.18 bits per heavy atom. The van der Waals surface area contributed by atoms with Gasteiger partial charge < -0.3 is 4.90 Å². The fourth-order valence-electron chi connectivity index (χ4n) is 2.57. The van der Waals surface area contributed by atoms with Crippen LogP contribution in [0.1, 0.15) is 40.0 Å². The largest absolute Gasteiger partial charge is 0.300 e. The highest BCUT2D eigenvalue weighted by Gasteiger charge is 2.33. The molecule has 3 atom stereocenters. The molecule has 66 valence electrons. The molecule has 1 fully saturated rings. The Kier molecular flexibility index (Phi) is 2.94. The van der Waals surface area contributed by atoms with Gasteiger partial charge in [-0.25, -0.2) is 0 Å². The summed E-state index contributed by atoms with van der Waals surface area (Å²) < 4.78 is 0. The third-order valence-electron chi connectivity index (χ3n) is 3.29. The van der Waals surface area contributed by atoms with E-state index in [1.54, 1.807) is 0 Å². The highest BCUT2D eigenvalue weighted by molar-refractivity contribution is 4.88. The first-order chi connectivity index (χ1) is 5.20. The van der Waals surface area contributed by atoms with E-state index in [-0.39, 0.29) is 0 Å². The smallest absolute Gasteiger partial charge is 0.0119 e. The second kappa shape index (κ2) is 3.57. The van der Waals surface area contributed by atoms with Crippen molar-refractivity contribution in [3.63, 3.8) is 0 Å². The van der Waals surface area contributed by atoms with Gasteiger partial charge in [-0.05, 0) is 32.2 Å². The number of nitrogens with zero attached hydrogens (tertiary/aromatic N) is 1. The van der Waals surface area contributed by atoms with E-state index in [9.17, 15) is 0 Å². The molecule has 1 heteroatoms. The fourth-order valence-corrected chi connectivity index (χ4v) is 2.57. The first-order valence-electron chi connectivity index (χ1n) is 4.92. The number of likely N-dealkylation sites (tertiary alicyclic amines) is 1. The van der Waals surface area contributed by atoms with E-state index in [0.29, 0.717) is 0 Å². The molecule has 1 aliphatic rings. The molecule has 0 aliphatic carbocycles. The van der Waals surface area contributed by atoms with E-state index < -0.39 is 0 Å². The van der Waals surface area contributed by atoms with E-state index in [1.807, 2.05) is 0 Å². The summed E-state index contributed by atoms with van der Waals surface area (Å²) in [5, 5.41) is 0. The molecule has 0 aromatic rings. The van der Waals surface area contributed by atoms with E-state index in [4.69, 9.17) is 0 Å². The zero-order valence-electron chi connectivity index (χ0n) is 8.30. The Hall–Kier alpha value is -0.0400. The van der Waals surface area contributed by atoms with Crippen molar-refractivity contribution in [1.29, 1.82) is 0 Å². The Morgan fingerprint density at radius 2 is 1.91 bits per heavy atom. The standard InChI is InChI=1S/C10H21N/c1-5-9-7-8(3)10(6-2)11(9)4/h8-10H,5-7H2,1-4H3. The van der Waals surface area contributed by atoms with Gasteiger partial charge in [0.1, 0.15) is 0 Å². The minimum atomic E-state index is 0.847. The monoisotopic (exact) mass is 155 g/mol. The third-order valence-corrected chi connectivity index (χ3v) is 3.29. The molecule has 0 spiro atoms. The molecule has 11 heavy (non-hydrogen) atoms. The van der Waals surface area contributed by atoms with Gasteiger partial charge in [0.2, 0.25) is 0 Å². The summed E-state index contributed by atoms with van der Waals surface area (Å²) in [6.07, 6.45) is 4.04. The highest BCUT2D eigenvalue weighted by Crippen LogP contribution is 2.31. The molecule has 1 heterocycles. The van der Waals surface area contributed by atoms with Crippen molar-refractivity contribution in [2.75, 3.05) is 7.05 Å². The minimum Gasteiger partial charge on any atom is -0.300 e. The Morgan fingerprint density at radius 1 is 1.27 bits per heavy atom. The van der Waals surface area contributed by atoms with Crippen LogP contribution >= 0.6 is 0 Å². The van der Waals surface area contributed by atoms with Crippen molar-refractivity contribution in [1.82, 2.24) is 4.90 Å². The molecule has 0 bridgehead atoms. The number of rotatable bonds is 2. The van der Waals surface area contributed by atoms with Crippen LogP contribution in [0.4, 0.5) is 0 Å². The lowest BCUT2D eigenvalue weighted by Crippen LogP contribution is -2.32. The van der Waals surface area contributed by atoms with Crippen LogP contribution in [0.5, 0.6) is 0 Å². The zero-order valence-corrected chi connectivity index (χ0v) is 8.30. The summed E-state index contributed by atoms with van der Waals surface area (Å²) in [4.78, 5) is 2.57. The topological polar surface area (TPSA) is 3.24 Å². The minimum absolute atomic E-state index is 0.847. The molecule has 0 saturated carbocycles. The van der Waals surface area contributed by atoms with E-state index in [0.717, 1.165) is 18.0 Å². The van der Waals surface area contributed by atoms with Gasteiger partial charge in [0, 0.05) is 12.1 Å². The van der Waals surface area contributed by atoms with Crippen LogP contribution in [0.15, 0.2) is 0 Å². The van der Waals surface area contributed by atoms with E-state index in [1.165, 1.54) is 19.3 Å². The van der Waals surface area contributed by atoms with Crippen LogP contribution in [-0.2, 0) is 0 Å². The van der Waals surface area contributed by atoms with Gasteiger partial charge in [0.15, 0.2) is 0 Å². The molecular formula is C10H21N. The predicted molar refractivity (Wildman–Crippen MR) is 49.7 cm³/mol. The van der Waals surface area contributed by atoms with Crippen LogP contribution < -0.4 is 0 Å². The summed E-state index contributed by atoms with van der Waals surface area (Å²) in [6.45, 7) is 6.99. The molecule has 0 radical (unpaired) electrons. The van der Waals surface area contributed by atoms with Gasteiger partial charge in [-0.15, -0.1) is 0 Å². The Labute approximate surface area is 70.8 Å². The van der Waals surface area contributed by atoms with Crippen molar-refractivity contribution in [3.8, 4) is 0 Å². The first kappa shape index (κ1) is 9.05. The maximum atomic E-state index is 2.57. The summed E-state index contributed by atoms with van der Waals surface area (Å²) in [6, 6.07) is 1.70. The van der Waals surface area contributed by atoms with Crippen molar-refractivity contribution in [2.45, 2.75) is 52.1 Å². The molecule has 1 rings (SSSR count). The maximum absolute atomic E-state index is 2.57. The molecule has 3 unspecified atom stereocenters. The summed E-state index contributed by atoms with van der Waals surface area (Å²) in [5.41, 5.74) is 0. The molecule has 1 aliphatic heterocycles. The molecule has 1 nitrogen and oxygen atoms in total. The van der Waals surface area contributed by atoms with E-state index >= 15 is 0 Å². The average Bonchev–Trinajstić information content (AvgIpc) is 2.26. The van der Waals surface area contributed by atoms with Crippen molar-refractivity contribution in [2.24, 2.45) is 5.92 Å². The van der Waals surface area contributed by atoms with Crippen LogP contribution in [0.25, 0.3) is 0 Å². The normalized spacial score (nSPS) is 39.8. The van der Waals surface area contributed by atoms with Crippen molar-refractivity contribution in [3.05, 3.63) is 0 Å². The van der Waals surface area contributed by atoms with Gasteiger partial charge >= 0.3 is 0 Å². The van der Waals surface area contributed by atoms with E-state index in [2.05, 4.69) is 32.7 Å². The van der Waals surface area contributed by atoms with Crippen LogP contribution in [-0.4, -0.2) is 24.0 Å². The van der Waals surface area contributed by atoms with Crippen LogP contribution in [0, 0.1) is 5.92 Å².